The molecule has 3 aromatic rings. The van der Waals surface area contributed by atoms with E-state index in [1.165, 1.54) is 7.11 Å². The molecule has 0 spiro atoms. The monoisotopic (exact) mass is 515 g/mol. The summed E-state index contributed by atoms with van der Waals surface area (Å²) >= 11 is 0. The fourth-order valence-electron chi connectivity index (χ4n) is 3.90. The minimum absolute atomic E-state index is 0.260. The molecule has 202 valence electrons. The molecule has 0 atom stereocenters. The van der Waals surface area contributed by atoms with Crippen LogP contribution in [0.5, 0.6) is 17.2 Å². The zero-order chi connectivity index (χ0) is 27.0. The minimum atomic E-state index is -0.603. The number of rotatable bonds is 13. The summed E-state index contributed by atoms with van der Waals surface area (Å²) in [5.74, 6) is 1.50. The molecule has 0 amide bonds. The molecular formula is C26H39N6O5+. The maximum Gasteiger partial charge on any atom is 0.344 e. The van der Waals surface area contributed by atoms with E-state index in [4.69, 9.17) is 18.9 Å². The van der Waals surface area contributed by atoms with Crippen molar-refractivity contribution in [3.63, 3.8) is 0 Å². The van der Waals surface area contributed by atoms with Crippen LogP contribution in [0, 0.1) is 0 Å². The van der Waals surface area contributed by atoms with E-state index < -0.39 is 11.6 Å². The first-order valence-corrected chi connectivity index (χ1v) is 12.2. The molecule has 0 aliphatic carbocycles. The van der Waals surface area contributed by atoms with Gasteiger partial charge in [-0.25, -0.2) is 9.78 Å². The summed E-state index contributed by atoms with van der Waals surface area (Å²) in [4.78, 5) is 25.5. The van der Waals surface area contributed by atoms with Crippen molar-refractivity contribution in [2.45, 2.75) is 39.3 Å². The Morgan fingerprint density at radius 2 is 1.92 bits per heavy atom. The molecule has 4 N–H and O–H groups in total. The van der Waals surface area contributed by atoms with E-state index in [1.807, 2.05) is 13.2 Å². The van der Waals surface area contributed by atoms with Crippen molar-refractivity contribution < 1.29 is 28.7 Å². The van der Waals surface area contributed by atoms with E-state index in [9.17, 15) is 4.79 Å². The number of hydrogen-bond acceptors (Lipinski definition) is 9. The van der Waals surface area contributed by atoms with E-state index in [-0.39, 0.29) is 6.61 Å². The maximum absolute atomic E-state index is 12.2. The molecular weight excluding hydrogens is 476 g/mol. The van der Waals surface area contributed by atoms with Gasteiger partial charge in [0.1, 0.15) is 16.7 Å². The summed E-state index contributed by atoms with van der Waals surface area (Å²) in [6.45, 7) is 7.84. The van der Waals surface area contributed by atoms with Gasteiger partial charge in [-0.15, -0.1) is 0 Å². The molecule has 0 fully saturated rings. The molecule has 3 rings (SSSR count). The number of carbonyl (C=O) groups is 1. The molecule has 0 unspecified atom stereocenters. The van der Waals surface area contributed by atoms with Crippen LogP contribution in [0.3, 0.4) is 0 Å². The zero-order valence-corrected chi connectivity index (χ0v) is 22.8. The molecule has 1 aromatic carbocycles. The van der Waals surface area contributed by atoms with Crippen LogP contribution >= 0.6 is 0 Å². The van der Waals surface area contributed by atoms with Crippen LogP contribution in [0.15, 0.2) is 24.7 Å². The lowest BCUT2D eigenvalue weighted by atomic mass is 10.2. The highest BCUT2D eigenvalue weighted by molar-refractivity contribution is 5.91. The summed E-state index contributed by atoms with van der Waals surface area (Å²) in [5.41, 5.74) is 1.96. The molecule has 2 heterocycles. The van der Waals surface area contributed by atoms with Crippen molar-refractivity contribution in [1.82, 2.24) is 20.2 Å². The maximum atomic E-state index is 12.2. The molecule has 0 radical (unpaired) electrons. The number of anilines is 2. The van der Waals surface area contributed by atoms with Crippen LogP contribution < -0.4 is 29.8 Å². The van der Waals surface area contributed by atoms with Gasteiger partial charge in [-0.05, 0) is 54.4 Å². The Hall–Kier alpha value is -3.57. The van der Waals surface area contributed by atoms with Crippen LogP contribution in [0.1, 0.15) is 32.8 Å². The fraction of sp³-hybridized carbons (Fsp3) is 0.500. The van der Waals surface area contributed by atoms with Crippen molar-refractivity contribution in [2.24, 2.45) is 0 Å². The average molecular weight is 516 g/mol. The number of carbonyl (C=O) groups excluding carboxylic acids is 1. The van der Waals surface area contributed by atoms with Gasteiger partial charge in [0.05, 0.1) is 26.1 Å². The van der Waals surface area contributed by atoms with Gasteiger partial charge in [0.15, 0.2) is 18.1 Å². The summed E-state index contributed by atoms with van der Waals surface area (Å²) in [6.07, 6.45) is 4.67. The van der Waals surface area contributed by atoms with Crippen LogP contribution in [0.2, 0.25) is 0 Å². The standard InChI is InChI=1S/C26H38N6O5/c1-26(2,3)37-22(33)15-36-21-11-18(19(34-6)12-20(21)35-7)31-25-23-17(13-28-24(23)29-16-30-25)14-32(5)10-8-9-27-4/h11-13,16,27H,8-10,14-15H2,1-7H3,(H2,28,29,30,31)/p+1. The van der Waals surface area contributed by atoms with Crippen molar-refractivity contribution in [1.29, 1.82) is 0 Å². The van der Waals surface area contributed by atoms with Crippen molar-refractivity contribution in [2.75, 3.05) is 53.3 Å². The zero-order valence-electron chi connectivity index (χ0n) is 22.8. The molecule has 0 aliphatic heterocycles. The molecule has 11 nitrogen and oxygen atoms in total. The number of hydrogen-bond donors (Lipinski definition) is 3. The Bertz CT molecular complexity index is 1190. The number of fused-ring (bicyclic) bond motifs is 1. The van der Waals surface area contributed by atoms with Crippen LogP contribution in [-0.2, 0) is 16.1 Å². The molecule has 0 aliphatic rings. The van der Waals surface area contributed by atoms with Crippen LogP contribution in [0.25, 0.3) is 11.0 Å². The summed E-state index contributed by atoms with van der Waals surface area (Å²) in [5, 5.41) is 7.50. The number of methoxy groups -OCH3 is 2. The predicted molar refractivity (Wildman–Crippen MR) is 142 cm³/mol. The quantitative estimate of drug-likeness (QED) is 0.233. The van der Waals surface area contributed by atoms with E-state index in [0.717, 1.165) is 42.7 Å². The summed E-state index contributed by atoms with van der Waals surface area (Å²) in [7, 11) is 7.16. The lowest BCUT2D eigenvalue weighted by Gasteiger charge is -2.20. The second-order valence-corrected chi connectivity index (χ2v) is 9.71. The Labute approximate surface area is 217 Å². The van der Waals surface area contributed by atoms with E-state index in [1.54, 1.807) is 46.3 Å². The number of H-pyrrole nitrogens is 2. The van der Waals surface area contributed by atoms with Crippen LogP contribution in [0.4, 0.5) is 11.5 Å². The Morgan fingerprint density at radius 1 is 1.16 bits per heavy atom. The number of aromatic amines is 2. The number of nitrogens with one attached hydrogen (secondary N) is 4. The Morgan fingerprint density at radius 3 is 2.59 bits per heavy atom. The third kappa shape index (κ3) is 7.70. The largest absolute Gasteiger partial charge is 0.494 e. The van der Waals surface area contributed by atoms with E-state index >= 15 is 0 Å². The summed E-state index contributed by atoms with van der Waals surface area (Å²) < 4.78 is 22.2. The lowest BCUT2D eigenvalue weighted by molar-refractivity contribution is -0.352. The van der Waals surface area contributed by atoms with Crippen LogP contribution in [-0.4, -0.2) is 74.4 Å². The van der Waals surface area contributed by atoms with E-state index in [2.05, 4.69) is 37.5 Å². The second-order valence-electron chi connectivity index (χ2n) is 9.71. The molecule has 0 saturated heterocycles. The highest BCUT2D eigenvalue weighted by atomic mass is 16.6. The molecule has 37 heavy (non-hydrogen) atoms. The molecule has 11 heteroatoms. The molecule has 2 aromatic heterocycles. The average Bonchev–Trinajstić information content (AvgIpc) is 3.25. The third-order valence-corrected chi connectivity index (χ3v) is 5.51. The summed E-state index contributed by atoms with van der Waals surface area (Å²) in [6, 6.07) is 3.43. The van der Waals surface area contributed by atoms with Gasteiger partial charge in [-0.3, -0.25) is 4.98 Å². The lowest BCUT2D eigenvalue weighted by Crippen LogP contribution is -2.27. The first-order chi connectivity index (χ1) is 17.6. The van der Waals surface area contributed by atoms with Gasteiger partial charge in [0.25, 0.3) is 0 Å². The first kappa shape index (κ1) is 28.0. The normalized spacial score (nSPS) is 11.6. The number of esters is 1. The Balaban J connectivity index is 1.88. The molecule has 0 bridgehead atoms. The van der Waals surface area contributed by atoms with Gasteiger partial charge < -0.3 is 34.5 Å². The Kier molecular flexibility index (Phi) is 9.54. The van der Waals surface area contributed by atoms with Gasteiger partial charge in [0.2, 0.25) is 17.8 Å². The van der Waals surface area contributed by atoms with E-state index in [0.29, 0.717) is 28.8 Å². The molecule has 0 saturated carbocycles. The highest BCUT2D eigenvalue weighted by Gasteiger charge is 2.21. The third-order valence-electron chi connectivity index (χ3n) is 5.51. The van der Waals surface area contributed by atoms with Gasteiger partial charge in [0, 0.05) is 24.2 Å². The topological polar surface area (TPSA) is 124 Å². The number of ether oxygens (including phenoxy) is 4. The smallest absolute Gasteiger partial charge is 0.344 e. The van der Waals surface area contributed by atoms with Crippen molar-refractivity contribution in [3.8, 4) is 17.2 Å². The van der Waals surface area contributed by atoms with Gasteiger partial charge in [-0.2, -0.15) is 0 Å². The van der Waals surface area contributed by atoms with Crippen molar-refractivity contribution >= 4 is 28.5 Å². The SMILES string of the molecule is CNCCCN(C)Cc1c[nH]c2[nH+]cnc(Nc3cc(OCC(=O)OC(C)(C)C)c(OC)cc3OC)c12. The number of benzene rings is 1. The number of aromatic nitrogens is 3. The minimum Gasteiger partial charge on any atom is -0.494 e. The van der Waals surface area contributed by atoms with Crippen molar-refractivity contribution in [3.05, 3.63) is 30.2 Å². The first-order valence-electron chi connectivity index (χ1n) is 12.2. The second kappa shape index (κ2) is 12.6. The number of nitrogens with zero attached hydrogens (tertiary/aromatic N) is 2. The van der Waals surface area contributed by atoms with Gasteiger partial charge >= 0.3 is 5.97 Å². The van der Waals surface area contributed by atoms with Gasteiger partial charge in [-0.1, -0.05) is 4.98 Å². The highest BCUT2D eigenvalue weighted by Crippen LogP contribution is 2.40. The fourth-order valence-corrected chi connectivity index (χ4v) is 3.90. The predicted octanol–water partition coefficient (Wildman–Crippen LogP) is 2.90.